The van der Waals surface area contributed by atoms with E-state index in [1.54, 1.807) is 0 Å². The number of hydrogen-bond donors (Lipinski definition) is 3. The molecule has 0 heterocycles. The van der Waals surface area contributed by atoms with Crippen molar-refractivity contribution in [2.75, 3.05) is 6.61 Å². The third kappa shape index (κ3) is 39.2. The number of amides is 1. The van der Waals surface area contributed by atoms with E-state index in [2.05, 4.69) is 38.2 Å². The highest BCUT2D eigenvalue weighted by atomic mass is 16.5. The molecule has 1 amide bonds. The molecule has 55 heavy (non-hydrogen) atoms. The summed E-state index contributed by atoms with van der Waals surface area (Å²) in [5.74, 6) is -0.474. The topological polar surface area (TPSA) is 95.9 Å². The number of nitrogens with one attached hydrogen (secondary N) is 1. The van der Waals surface area contributed by atoms with Gasteiger partial charge >= 0.3 is 5.97 Å². The number of ether oxygens (including phenoxy) is 1. The molecule has 0 aromatic carbocycles. The van der Waals surface area contributed by atoms with Crippen molar-refractivity contribution >= 4 is 11.9 Å². The molecule has 0 fully saturated rings. The van der Waals surface area contributed by atoms with Crippen LogP contribution in [0.25, 0.3) is 0 Å². The second-order valence-electron chi connectivity index (χ2n) is 16.9. The van der Waals surface area contributed by atoms with Crippen molar-refractivity contribution in [1.82, 2.24) is 5.32 Å². The predicted molar refractivity (Wildman–Crippen MR) is 237 cm³/mol. The van der Waals surface area contributed by atoms with Gasteiger partial charge in [-0.05, 0) is 44.9 Å². The molecular weight excluding hydrogens is 683 g/mol. The Balaban J connectivity index is 4.43. The number of rotatable bonds is 44. The maximum absolute atomic E-state index is 13.1. The summed E-state index contributed by atoms with van der Waals surface area (Å²) >= 11 is 0. The molecule has 3 atom stereocenters. The van der Waals surface area contributed by atoms with Crippen molar-refractivity contribution in [3.63, 3.8) is 0 Å². The second-order valence-corrected chi connectivity index (χ2v) is 16.9. The average Bonchev–Trinajstić information content (AvgIpc) is 3.18. The molecule has 0 aliphatic rings. The fraction of sp³-hybridized carbons (Fsp3) is 0.918. The standard InChI is InChI=1S/C49H95NO5/c1-4-7-10-13-16-19-22-23-24-25-26-27-29-32-35-38-41-47(52)46(44-51)50-48(53)43-45(40-37-34-31-28-20-17-14-11-8-5-2)55-49(54)42-39-36-33-30-21-18-15-12-9-6-3/h12,15,45-47,51-52H,4-11,13-14,16-44H2,1-3H3,(H,50,53)/b15-12-. The Labute approximate surface area is 342 Å². The van der Waals surface area contributed by atoms with Crippen molar-refractivity contribution in [2.45, 2.75) is 283 Å². The lowest BCUT2D eigenvalue weighted by Gasteiger charge is -2.24. The third-order valence-electron chi connectivity index (χ3n) is 11.3. The Morgan fingerprint density at radius 1 is 0.509 bits per heavy atom. The van der Waals surface area contributed by atoms with E-state index >= 15 is 0 Å². The summed E-state index contributed by atoms with van der Waals surface area (Å²) in [5.41, 5.74) is 0. The fourth-order valence-corrected chi connectivity index (χ4v) is 7.61. The summed E-state index contributed by atoms with van der Waals surface area (Å²) < 4.78 is 5.89. The van der Waals surface area contributed by atoms with Crippen molar-refractivity contribution in [2.24, 2.45) is 0 Å². The molecule has 0 aromatic rings. The lowest BCUT2D eigenvalue weighted by molar-refractivity contribution is -0.151. The molecule has 6 heteroatoms. The van der Waals surface area contributed by atoms with Gasteiger partial charge in [0, 0.05) is 6.42 Å². The number of unbranched alkanes of at least 4 members (excludes halogenated alkanes) is 30. The molecule has 3 unspecified atom stereocenters. The predicted octanol–water partition coefficient (Wildman–Crippen LogP) is 14.2. The van der Waals surface area contributed by atoms with Crippen LogP contribution in [-0.4, -0.2) is 46.9 Å². The first-order valence-electron chi connectivity index (χ1n) is 24.4. The Kier molecular flexibility index (Phi) is 42.6. The second kappa shape index (κ2) is 43.7. The minimum absolute atomic E-state index is 0.0803. The Hall–Kier alpha value is -1.40. The van der Waals surface area contributed by atoms with Crippen LogP contribution in [0.15, 0.2) is 12.2 Å². The Morgan fingerprint density at radius 2 is 0.909 bits per heavy atom. The van der Waals surface area contributed by atoms with Gasteiger partial charge in [-0.15, -0.1) is 0 Å². The number of carbonyl (C=O) groups excluding carboxylic acids is 2. The normalized spacial score (nSPS) is 13.3. The van der Waals surface area contributed by atoms with Crippen LogP contribution >= 0.6 is 0 Å². The van der Waals surface area contributed by atoms with E-state index in [0.29, 0.717) is 19.3 Å². The summed E-state index contributed by atoms with van der Waals surface area (Å²) in [5, 5.41) is 23.7. The lowest BCUT2D eigenvalue weighted by Crippen LogP contribution is -2.46. The van der Waals surface area contributed by atoms with E-state index < -0.39 is 18.2 Å². The molecule has 0 aliphatic heterocycles. The van der Waals surface area contributed by atoms with E-state index in [0.717, 1.165) is 57.8 Å². The van der Waals surface area contributed by atoms with Gasteiger partial charge in [0.2, 0.25) is 5.91 Å². The number of hydrogen-bond acceptors (Lipinski definition) is 5. The van der Waals surface area contributed by atoms with Crippen molar-refractivity contribution in [3.05, 3.63) is 12.2 Å². The molecule has 3 N–H and O–H groups in total. The molecule has 0 bridgehead atoms. The molecule has 326 valence electrons. The third-order valence-corrected chi connectivity index (χ3v) is 11.3. The fourth-order valence-electron chi connectivity index (χ4n) is 7.61. The van der Waals surface area contributed by atoms with Gasteiger partial charge in [0.15, 0.2) is 0 Å². The quantitative estimate of drug-likeness (QED) is 0.0325. The maximum Gasteiger partial charge on any atom is 0.306 e. The highest BCUT2D eigenvalue weighted by Crippen LogP contribution is 2.18. The van der Waals surface area contributed by atoms with Crippen LogP contribution in [0.2, 0.25) is 0 Å². The van der Waals surface area contributed by atoms with Crippen LogP contribution in [0.5, 0.6) is 0 Å². The summed E-state index contributed by atoms with van der Waals surface area (Å²) in [4.78, 5) is 26.0. The van der Waals surface area contributed by atoms with E-state index in [-0.39, 0.29) is 24.9 Å². The summed E-state index contributed by atoms with van der Waals surface area (Å²) in [7, 11) is 0. The SMILES string of the molecule is CCC/C=C\CCCCCCCC(=O)OC(CCCCCCCCCCCC)CC(=O)NC(CO)C(O)CCCCCCCCCCCCCCCCCC. The zero-order valence-corrected chi connectivity index (χ0v) is 37.1. The molecule has 0 aromatic heterocycles. The molecular formula is C49H95NO5. The first-order valence-corrected chi connectivity index (χ1v) is 24.4. The monoisotopic (exact) mass is 778 g/mol. The van der Waals surface area contributed by atoms with E-state index in [9.17, 15) is 19.8 Å². The molecule has 0 saturated heterocycles. The first-order chi connectivity index (χ1) is 27.0. The van der Waals surface area contributed by atoms with E-state index in [1.165, 1.54) is 161 Å². The number of carbonyl (C=O) groups is 2. The molecule has 6 nitrogen and oxygen atoms in total. The van der Waals surface area contributed by atoms with Gasteiger partial charge < -0.3 is 20.3 Å². The number of allylic oxidation sites excluding steroid dienone is 2. The van der Waals surface area contributed by atoms with Crippen LogP contribution in [0.1, 0.15) is 265 Å². The van der Waals surface area contributed by atoms with E-state index in [4.69, 9.17) is 4.74 Å². The van der Waals surface area contributed by atoms with Crippen molar-refractivity contribution < 1.29 is 24.5 Å². The number of aliphatic hydroxyl groups excluding tert-OH is 2. The average molecular weight is 778 g/mol. The van der Waals surface area contributed by atoms with E-state index in [1.807, 2.05) is 0 Å². The first kappa shape index (κ1) is 53.6. The zero-order valence-electron chi connectivity index (χ0n) is 37.1. The largest absolute Gasteiger partial charge is 0.462 e. The van der Waals surface area contributed by atoms with Gasteiger partial charge in [0.1, 0.15) is 6.10 Å². The minimum atomic E-state index is -0.782. The van der Waals surface area contributed by atoms with Crippen LogP contribution in [-0.2, 0) is 14.3 Å². The van der Waals surface area contributed by atoms with Crippen LogP contribution in [0.3, 0.4) is 0 Å². The molecule has 0 rings (SSSR count). The minimum Gasteiger partial charge on any atom is -0.462 e. The van der Waals surface area contributed by atoms with Crippen LogP contribution < -0.4 is 5.32 Å². The maximum atomic E-state index is 13.1. The van der Waals surface area contributed by atoms with Gasteiger partial charge in [0.25, 0.3) is 0 Å². The van der Waals surface area contributed by atoms with Crippen LogP contribution in [0, 0.1) is 0 Å². The van der Waals surface area contributed by atoms with Crippen molar-refractivity contribution in [1.29, 1.82) is 0 Å². The summed E-state index contributed by atoms with van der Waals surface area (Å²) in [6.07, 6.45) is 47.0. The molecule has 0 radical (unpaired) electrons. The Bertz CT molecular complexity index is 832. The highest BCUT2D eigenvalue weighted by molar-refractivity contribution is 5.77. The highest BCUT2D eigenvalue weighted by Gasteiger charge is 2.24. The molecule has 0 aliphatic carbocycles. The summed E-state index contributed by atoms with van der Waals surface area (Å²) in [6, 6.07) is -0.695. The van der Waals surface area contributed by atoms with Crippen LogP contribution in [0.4, 0.5) is 0 Å². The smallest absolute Gasteiger partial charge is 0.306 e. The van der Waals surface area contributed by atoms with Gasteiger partial charge in [-0.2, -0.15) is 0 Å². The number of esters is 1. The van der Waals surface area contributed by atoms with Gasteiger partial charge in [0.05, 0.1) is 25.2 Å². The van der Waals surface area contributed by atoms with Crippen molar-refractivity contribution in [3.8, 4) is 0 Å². The summed E-state index contributed by atoms with van der Waals surface area (Å²) in [6.45, 7) is 6.43. The van der Waals surface area contributed by atoms with Gasteiger partial charge in [-0.3, -0.25) is 9.59 Å². The molecule has 0 spiro atoms. The zero-order chi connectivity index (χ0) is 40.3. The molecule has 0 saturated carbocycles. The number of aliphatic hydroxyl groups is 2. The van der Waals surface area contributed by atoms with Gasteiger partial charge in [-0.25, -0.2) is 0 Å². The Morgan fingerprint density at radius 3 is 1.36 bits per heavy atom. The lowest BCUT2D eigenvalue weighted by atomic mass is 10.0. The van der Waals surface area contributed by atoms with Gasteiger partial charge in [-0.1, -0.05) is 219 Å².